The number of benzene rings is 2. The third kappa shape index (κ3) is 3.03. The predicted molar refractivity (Wildman–Crippen MR) is 85.4 cm³/mol. The molecule has 1 amide bonds. The van der Waals surface area contributed by atoms with E-state index in [1.165, 1.54) is 0 Å². The zero-order chi connectivity index (χ0) is 15.4. The van der Waals surface area contributed by atoms with Gasteiger partial charge in [0.1, 0.15) is 0 Å². The number of methoxy groups -OCH3 is 1. The molecule has 5 heteroatoms. The van der Waals surface area contributed by atoms with Crippen molar-refractivity contribution in [3.63, 3.8) is 0 Å². The SMILES string of the molecule is COc1ccccc1OCC(=O)Nc1ccc2cc[nH]c2c1. The Morgan fingerprint density at radius 3 is 2.77 bits per heavy atom. The van der Waals surface area contributed by atoms with Crippen molar-refractivity contribution in [2.75, 3.05) is 19.0 Å². The highest BCUT2D eigenvalue weighted by atomic mass is 16.5. The van der Waals surface area contributed by atoms with Crippen molar-refractivity contribution >= 4 is 22.5 Å². The van der Waals surface area contributed by atoms with E-state index >= 15 is 0 Å². The second-order valence-corrected chi connectivity index (χ2v) is 4.77. The normalized spacial score (nSPS) is 10.4. The van der Waals surface area contributed by atoms with E-state index in [0.717, 1.165) is 16.6 Å². The molecule has 0 saturated heterocycles. The van der Waals surface area contributed by atoms with E-state index in [-0.39, 0.29) is 12.5 Å². The van der Waals surface area contributed by atoms with E-state index in [2.05, 4.69) is 10.3 Å². The van der Waals surface area contributed by atoms with Crippen molar-refractivity contribution in [3.8, 4) is 11.5 Å². The van der Waals surface area contributed by atoms with Crippen LogP contribution < -0.4 is 14.8 Å². The van der Waals surface area contributed by atoms with E-state index < -0.39 is 0 Å². The Labute approximate surface area is 127 Å². The van der Waals surface area contributed by atoms with Gasteiger partial charge in [0, 0.05) is 17.4 Å². The second kappa shape index (κ2) is 6.22. The quantitative estimate of drug-likeness (QED) is 0.760. The van der Waals surface area contributed by atoms with E-state index in [1.54, 1.807) is 19.2 Å². The van der Waals surface area contributed by atoms with Crippen LogP contribution in [0.2, 0.25) is 0 Å². The number of rotatable bonds is 5. The number of hydrogen-bond donors (Lipinski definition) is 2. The average molecular weight is 296 g/mol. The highest BCUT2D eigenvalue weighted by Crippen LogP contribution is 2.25. The standard InChI is InChI=1S/C17H16N2O3/c1-21-15-4-2-3-5-16(15)22-11-17(20)19-13-7-6-12-8-9-18-14(12)10-13/h2-10,18H,11H2,1H3,(H,19,20). The van der Waals surface area contributed by atoms with Gasteiger partial charge in [0.25, 0.3) is 5.91 Å². The smallest absolute Gasteiger partial charge is 0.262 e. The van der Waals surface area contributed by atoms with E-state index in [0.29, 0.717) is 11.5 Å². The van der Waals surface area contributed by atoms with Gasteiger partial charge in [-0.05, 0) is 35.7 Å². The maximum absolute atomic E-state index is 12.0. The van der Waals surface area contributed by atoms with Gasteiger partial charge in [-0.25, -0.2) is 0 Å². The lowest BCUT2D eigenvalue weighted by molar-refractivity contribution is -0.118. The number of hydrogen-bond acceptors (Lipinski definition) is 3. The van der Waals surface area contributed by atoms with Crippen molar-refractivity contribution in [3.05, 3.63) is 54.7 Å². The average Bonchev–Trinajstić information content (AvgIpc) is 3.01. The van der Waals surface area contributed by atoms with Crippen LogP contribution in [-0.2, 0) is 4.79 Å². The summed E-state index contributed by atoms with van der Waals surface area (Å²) in [5.41, 5.74) is 1.70. The van der Waals surface area contributed by atoms with Gasteiger partial charge >= 0.3 is 0 Å². The number of ether oxygens (including phenoxy) is 2. The van der Waals surface area contributed by atoms with Gasteiger partial charge in [-0.1, -0.05) is 18.2 Å². The summed E-state index contributed by atoms with van der Waals surface area (Å²) in [5.74, 6) is 0.917. The summed E-state index contributed by atoms with van der Waals surface area (Å²) in [6.45, 7) is -0.0802. The molecule has 0 saturated carbocycles. The monoisotopic (exact) mass is 296 g/mol. The van der Waals surface area contributed by atoms with Crippen LogP contribution in [0, 0.1) is 0 Å². The lowest BCUT2D eigenvalue weighted by Gasteiger charge is -2.10. The lowest BCUT2D eigenvalue weighted by Crippen LogP contribution is -2.20. The summed E-state index contributed by atoms with van der Waals surface area (Å²) in [7, 11) is 1.56. The van der Waals surface area contributed by atoms with Crippen molar-refractivity contribution < 1.29 is 14.3 Å². The molecule has 22 heavy (non-hydrogen) atoms. The molecule has 5 nitrogen and oxygen atoms in total. The molecule has 3 aromatic rings. The van der Waals surface area contributed by atoms with Crippen LogP contribution in [0.4, 0.5) is 5.69 Å². The molecule has 2 aromatic carbocycles. The van der Waals surface area contributed by atoms with Crippen molar-refractivity contribution in [1.82, 2.24) is 4.98 Å². The number of amides is 1. The minimum Gasteiger partial charge on any atom is -0.493 e. The molecule has 0 fully saturated rings. The van der Waals surface area contributed by atoms with Gasteiger partial charge in [0.05, 0.1) is 7.11 Å². The number of anilines is 1. The summed E-state index contributed by atoms with van der Waals surface area (Å²) in [6, 6.07) is 14.9. The zero-order valence-corrected chi connectivity index (χ0v) is 12.1. The van der Waals surface area contributed by atoms with Crippen LogP contribution in [0.15, 0.2) is 54.7 Å². The first-order chi connectivity index (χ1) is 10.8. The fourth-order valence-corrected chi connectivity index (χ4v) is 2.20. The number of aromatic amines is 1. The van der Waals surface area contributed by atoms with Crippen LogP contribution in [0.1, 0.15) is 0 Å². The Bertz CT molecular complexity index is 795. The third-order valence-corrected chi connectivity index (χ3v) is 3.27. The molecule has 0 aliphatic heterocycles. The highest BCUT2D eigenvalue weighted by Gasteiger charge is 2.07. The number of H-pyrrole nitrogens is 1. The molecule has 3 rings (SSSR count). The summed E-state index contributed by atoms with van der Waals surface area (Å²) in [5, 5.41) is 3.91. The summed E-state index contributed by atoms with van der Waals surface area (Å²) < 4.78 is 10.7. The minimum absolute atomic E-state index is 0.0802. The van der Waals surface area contributed by atoms with E-state index in [1.807, 2.05) is 42.6 Å². The van der Waals surface area contributed by atoms with Crippen molar-refractivity contribution in [2.24, 2.45) is 0 Å². The van der Waals surface area contributed by atoms with Gasteiger partial charge in [-0.2, -0.15) is 0 Å². The first-order valence-electron chi connectivity index (χ1n) is 6.89. The molecule has 0 spiro atoms. The van der Waals surface area contributed by atoms with Crippen LogP contribution in [0.25, 0.3) is 10.9 Å². The Morgan fingerprint density at radius 2 is 1.95 bits per heavy atom. The number of aromatic nitrogens is 1. The van der Waals surface area contributed by atoms with Crippen molar-refractivity contribution in [2.45, 2.75) is 0 Å². The highest BCUT2D eigenvalue weighted by molar-refractivity contribution is 5.94. The second-order valence-electron chi connectivity index (χ2n) is 4.77. The maximum Gasteiger partial charge on any atom is 0.262 e. The van der Waals surface area contributed by atoms with E-state index in [9.17, 15) is 4.79 Å². The fraction of sp³-hybridized carbons (Fsp3) is 0.118. The molecule has 2 N–H and O–H groups in total. The Morgan fingerprint density at radius 1 is 1.14 bits per heavy atom. The third-order valence-electron chi connectivity index (χ3n) is 3.27. The Balaban J connectivity index is 1.62. The molecule has 0 atom stereocenters. The van der Waals surface area contributed by atoms with Gasteiger partial charge < -0.3 is 19.8 Å². The fourth-order valence-electron chi connectivity index (χ4n) is 2.20. The molecule has 0 aliphatic carbocycles. The van der Waals surface area contributed by atoms with Crippen LogP contribution in [0.5, 0.6) is 11.5 Å². The number of para-hydroxylation sites is 2. The van der Waals surface area contributed by atoms with Crippen LogP contribution in [0.3, 0.4) is 0 Å². The molecule has 0 unspecified atom stereocenters. The number of nitrogens with one attached hydrogen (secondary N) is 2. The Kier molecular flexibility index (Phi) is 3.96. The molecular formula is C17H16N2O3. The lowest BCUT2D eigenvalue weighted by atomic mass is 10.2. The van der Waals surface area contributed by atoms with Gasteiger partial charge in [0.2, 0.25) is 0 Å². The predicted octanol–water partition coefficient (Wildman–Crippen LogP) is 3.19. The largest absolute Gasteiger partial charge is 0.493 e. The molecule has 0 radical (unpaired) electrons. The Hall–Kier alpha value is -2.95. The van der Waals surface area contributed by atoms with Crippen molar-refractivity contribution in [1.29, 1.82) is 0 Å². The molecule has 0 bridgehead atoms. The summed E-state index contributed by atoms with van der Waals surface area (Å²) >= 11 is 0. The topological polar surface area (TPSA) is 63.4 Å². The molecule has 112 valence electrons. The summed E-state index contributed by atoms with van der Waals surface area (Å²) in [4.78, 5) is 15.1. The van der Waals surface area contributed by atoms with Crippen LogP contribution in [-0.4, -0.2) is 24.6 Å². The summed E-state index contributed by atoms with van der Waals surface area (Å²) in [6.07, 6.45) is 1.86. The molecule has 0 aliphatic rings. The van der Waals surface area contributed by atoms with Gasteiger partial charge in [-0.15, -0.1) is 0 Å². The van der Waals surface area contributed by atoms with Crippen LogP contribution >= 0.6 is 0 Å². The maximum atomic E-state index is 12.0. The molecule has 1 heterocycles. The van der Waals surface area contributed by atoms with Gasteiger partial charge in [-0.3, -0.25) is 4.79 Å². The first kappa shape index (κ1) is 14.0. The van der Waals surface area contributed by atoms with E-state index in [4.69, 9.17) is 9.47 Å². The number of carbonyl (C=O) groups excluding carboxylic acids is 1. The number of fused-ring (bicyclic) bond motifs is 1. The molecular weight excluding hydrogens is 280 g/mol. The van der Waals surface area contributed by atoms with Gasteiger partial charge in [0.15, 0.2) is 18.1 Å². The first-order valence-corrected chi connectivity index (χ1v) is 6.89. The minimum atomic E-state index is -0.225. The number of carbonyl (C=O) groups is 1. The molecule has 1 aromatic heterocycles. The zero-order valence-electron chi connectivity index (χ0n) is 12.1.